The minimum atomic E-state index is -4.25. The first kappa shape index (κ1) is 74.5. The number of morpholine rings is 1. The number of hydrogen-bond donors (Lipinski definition) is 6. The second-order valence-corrected chi connectivity index (χ2v) is 28.3. The van der Waals surface area contributed by atoms with Crippen molar-refractivity contribution in [2.24, 2.45) is 15.3 Å². The number of non-ortho nitro benzene ring substituents is 3. The van der Waals surface area contributed by atoms with Crippen LogP contribution in [-0.2, 0) is 41.4 Å². The van der Waals surface area contributed by atoms with Crippen LogP contribution >= 0.6 is 50.7 Å². The number of nitro benzene ring substituents is 3. The molecule has 0 aliphatic carbocycles. The number of para-hydroxylation sites is 3. The quantitative estimate of drug-likeness (QED) is 0.0186. The lowest BCUT2D eigenvalue weighted by Gasteiger charge is -2.26. The van der Waals surface area contributed by atoms with Crippen LogP contribution in [0.15, 0.2) is 259 Å². The van der Waals surface area contributed by atoms with Gasteiger partial charge in [0.25, 0.3) is 47.1 Å². The van der Waals surface area contributed by atoms with Crippen LogP contribution in [0.3, 0.4) is 0 Å². The molecule has 34 heteroatoms. The fraction of sp³-hybridized carbons (Fsp3) is 0.0746. The van der Waals surface area contributed by atoms with Gasteiger partial charge in [0, 0.05) is 84.0 Å². The van der Waals surface area contributed by atoms with Crippen LogP contribution in [0.2, 0.25) is 15.1 Å². The zero-order valence-corrected chi connectivity index (χ0v) is 58.6. The maximum Gasteiger partial charge on any atom is 0.270 e. The number of aromatic nitrogens is 1. The Labute approximate surface area is 602 Å². The average molecular weight is 1550 g/mol. The van der Waals surface area contributed by atoms with Crippen molar-refractivity contribution < 1.29 is 44.8 Å². The van der Waals surface area contributed by atoms with Gasteiger partial charge in [-0.1, -0.05) is 154 Å². The molecule has 10 aromatic rings. The first-order valence-electron chi connectivity index (χ1n) is 29.6. The van der Waals surface area contributed by atoms with Crippen molar-refractivity contribution in [1.82, 2.24) is 9.88 Å². The van der Waals surface area contributed by atoms with Gasteiger partial charge in [-0.15, -0.1) is 0 Å². The van der Waals surface area contributed by atoms with Gasteiger partial charge in [0.1, 0.15) is 14.7 Å². The zero-order valence-electron chi connectivity index (χ0n) is 52.3. The minimum absolute atomic E-state index is 0.0465. The Hall–Kier alpha value is -10.7. The Kier molecular flexibility index (Phi) is 25.7. The van der Waals surface area contributed by atoms with E-state index in [2.05, 4.69) is 71.6 Å². The van der Waals surface area contributed by atoms with E-state index in [1.54, 1.807) is 48.8 Å². The predicted molar refractivity (Wildman–Crippen MR) is 396 cm³/mol. The van der Waals surface area contributed by atoms with E-state index in [1.165, 1.54) is 91.4 Å². The highest BCUT2D eigenvalue weighted by Crippen LogP contribution is 2.35. The fourth-order valence-electron chi connectivity index (χ4n) is 9.24. The van der Waals surface area contributed by atoms with Gasteiger partial charge < -0.3 is 4.74 Å². The molecule has 1 fully saturated rings. The van der Waals surface area contributed by atoms with Crippen molar-refractivity contribution in [1.29, 1.82) is 0 Å². The summed E-state index contributed by atoms with van der Waals surface area (Å²) < 4.78 is 91.7. The van der Waals surface area contributed by atoms with Crippen molar-refractivity contribution in [3.05, 3.63) is 297 Å². The van der Waals surface area contributed by atoms with Crippen LogP contribution in [-0.4, -0.2) is 94.9 Å². The summed E-state index contributed by atoms with van der Waals surface area (Å²) in [6.45, 7) is 4.12. The number of nitrogens with zero attached hydrogens (tertiary/aromatic N) is 8. The van der Waals surface area contributed by atoms with E-state index in [-0.39, 0.29) is 80.9 Å². The Morgan fingerprint density at radius 1 is 0.475 bits per heavy atom. The molecule has 1 aromatic heterocycles. The molecule has 9 aromatic carbocycles. The Morgan fingerprint density at radius 2 is 0.861 bits per heavy atom. The topological polar surface area (TPSA) is 366 Å². The van der Waals surface area contributed by atoms with Gasteiger partial charge in [-0.25, -0.2) is 25.3 Å². The van der Waals surface area contributed by atoms with E-state index in [9.17, 15) is 55.6 Å². The number of anilines is 6. The monoisotopic (exact) mass is 1540 g/mol. The summed E-state index contributed by atoms with van der Waals surface area (Å²) in [6.07, 6.45) is 7.96. The normalized spacial score (nSPS) is 12.5. The highest BCUT2D eigenvalue weighted by molar-refractivity contribution is 9.10. The zero-order chi connectivity index (χ0) is 72.1. The predicted octanol–water partition coefficient (Wildman–Crippen LogP) is 15.1. The molecule has 0 saturated carbocycles. The third kappa shape index (κ3) is 21.2. The highest BCUT2D eigenvalue weighted by Gasteiger charge is 2.27. The molecular weight excluding hydrogens is 1490 g/mol. The van der Waals surface area contributed by atoms with Crippen molar-refractivity contribution in [3.63, 3.8) is 0 Å². The SMILES string of the molecule is O=[N+]([O-])c1ccc(N/N=C/c2ccc(Br)cc2)c(S(=O)(=O)Nc2ccccc2Cl)c1.O=[N+]([O-])c1ccc(N/N=C/c2ccc(CN3CCOCC3)cc2)c(S(=O)(=O)Nc2ccccc2Cl)c1.O=[N+]([O-])c1ccc(N/N=C/c2ccccc2-c2cccnc2)c(S(=O)(=O)Nc2ccccc2Cl)c1. The summed E-state index contributed by atoms with van der Waals surface area (Å²) in [5.41, 5.74) is 12.7. The van der Waals surface area contributed by atoms with E-state index < -0.39 is 44.8 Å². The largest absolute Gasteiger partial charge is 0.379 e. The van der Waals surface area contributed by atoms with Gasteiger partial charge in [0.05, 0.1) is 95.8 Å². The van der Waals surface area contributed by atoms with Crippen molar-refractivity contribution in [2.45, 2.75) is 21.2 Å². The van der Waals surface area contributed by atoms with Gasteiger partial charge in [-0.3, -0.25) is 70.7 Å². The number of ether oxygens (including phenoxy) is 1. The lowest BCUT2D eigenvalue weighted by molar-refractivity contribution is -0.385. The lowest BCUT2D eigenvalue weighted by Crippen LogP contribution is -2.35. The van der Waals surface area contributed by atoms with E-state index in [0.29, 0.717) is 0 Å². The first-order valence-corrected chi connectivity index (χ1v) is 36.0. The van der Waals surface area contributed by atoms with Gasteiger partial charge in [-0.2, -0.15) is 15.3 Å². The molecule has 0 bridgehead atoms. The second kappa shape index (κ2) is 34.8. The molecule has 518 valence electrons. The van der Waals surface area contributed by atoms with Crippen LogP contribution < -0.4 is 30.4 Å². The highest BCUT2D eigenvalue weighted by atomic mass is 79.9. The molecule has 0 radical (unpaired) electrons. The maximum atomic E-state index is 13.1. The molecule has 27 nitrogen and oxygen atoms in total. The van der Waals surface area contributed by atoms with Crippen LogP contribution in [0.1, 0.15) is 22.3 Å². The molecule has 6 N–H and O–H groups in total. The molecular formula is C67H56BrCl3N14O13S3. The number of benzene rings is 9. The molecule has 11 rings (SSSR count). The van der Waals surface area contributed by atoms with E-state index in [1.807, 2.05) is 84.9 Å². The summed E-state index contributed by atoms with van der Waals surface area (Å²) >= 11 is 21.5. The Morgan fingerprint density at radius 3 is 1.26 bits per heavy atom. The number of halogens is 4. The summed E-state index contributed by atoms with van der Waals surface area (Å²) in [5.74, 6) is 0. The van der Waals surface area contributed by atoms with Crippen LogP contribution in [0.25, 0.3) is 11.1 Å². The maximum absolute atomic E-state index is 13.1. The van der Waals surface area contributed by atoms with Crippen LogP contribution in [0.5, 0.6) is 0 Å². The van der Waals surface area contributed by atoms with Crippen LogP contribution in [0, 0.1) is 30.3 Å². The summed E-state index contributed by atoms with van der Waals surface area (Å²) in [5, 5.41) is 46.6. The Balaban J connectivity index is 0.000000177. The van der Waals surface area contributed by atoms with Gasteiger partial charge in [0.15, 0.2) is 0 Å². The van der Waals surface area contributed by atoms with Crippen molar-refractivity contribution in [2.75, 3.05) is 56.7 Å². The molecule has 2 heterocycles. The van der Waals surface area contributed by atoms with Gasteiger partial charge in [-0.05, 0) is 95.1 Å². The second-order valence-electron chi connectivity index (χ2n) is 21.2. The van der Waals surface area contributed by atoms with Crippen molar-refractivity contribution >= 4 is 151 Å². The third-order valence-electron chi connectivity index (χ3n) is 14.2. The molecule has 1 saturated heterocycles. The molecule has 0 atom stereocenters. The van der Waals surface area contributed by atoms with E-state index >= 15 is 0 Å². The number of sulfonamides is 3. The molecule has 0 amide bonds. The van der Waals surface area contributed by atoms with E-state index in [4.69, 9.17) is 39.5 Å². The molecule has 1 aliphatic rings. The van der Waals surface area contributed by atoms with Crippen LogP contribution in [0.4, 0.5) is 51.2 Å². The van der Waals surface area contributed by atoms with Gasteiger partial charge >= 0.3 is 0 Å². The summed E-state index contributed by atoms with van der Waals surface area (Å²) in [7, 11) is -12.7. The average Bonchev–Trinajstić information content (AvgIpc) is 0.806. The summed E-state index contributed by atoms with van der Waals surface area (Å²) in [4.78, 5) is 37.1. The number of nitrogens with one attached hydrogen (secondary N) is 6. The van der Waals surface area contributed by atoms with E-state index in [0.717, 1.165) is 88.9 Å². The standard InChI is InChI=1S/C24H24ClN5O5S.C24H18ClN5O4S.C19H14BrClN4O4S/c25-21-3-1-2-4-22(21)28-36(33,34)24-15-20(30(31)32)9-10-23(24)27-26-16-18-5-7-19(8-6-18)17-29-11-13-35-14-12-29;25-21-9-3-4-10-22(21)29-35(33,34)24-14-19(30(31)32)11-12-23(24)28-27-16-18-6-1-2-8-20(18)17-7-5-13-26-15-17;20-14-7-5-13(6-8-14)12-22-23-18-10-9-15(25(26)27)11-19(18)30(28,29)24-17-4-2-1-3-16(17)21/h1-10,15-16,27-28H,11-14,17H2;1-16,28-29H;1-12,23-24H/b26-16+;27-16+;22-12+. The Bertz CT molecular complexity index is 5090. The lowest BCUT2D eigenvalue weighted by atomic mass is 10.0. The first-order chi connectivity index (χ1) is 48.4. The molecule has 1 aliphatic heterocycles. The minimum Gasteiger partial charge on any atom is -0.379 e. The molecule has 0 unspecified atom stereocenters. The molecule has 0 spiro atoms. The smallest absolute Gasteiger partial charge is 0.270 e. The van der Waals surface area contributed by atoms with Crippen molar-refractivity contribution in [3.8, 4) is 11.1 Å². The third-order valence-corrected chi connectivity index (χ3v) is 20.0. The number of pyridine rings is 1. The number of nitro groups is 3. The fourth-order valence-corrected chi connectivity index (χ4v) is 14.0. The number of rotatable bonds is 24. The van der Waals surface area contributed by atoms with Gasteiger partial charge in [0.2, 0.25) is 0 Å². The summed E-state index contributed by atoms with van der Waals surface area (Å²) in [6, 6.07) is 55.5. The molecule has 101 heavy (non-hydrogen) atoms. The number of hydrazone groups is 3. The number of hydrogen-bond acceptors (Lipinski definition) is 21.